The van der Waals surface area contributed by atoms with Crippen molar-refractivity contribution in [3.05, 3.63) is 63.2 Å². The SMILES string of the molecule is Cc1cc2c(cc1C)N(CC(=O)c1cccc([N+](=O)[O-])c1)C1=NCCCN12. The van der Waals surface area contributed by atoms with E-state index in [1.807, 2.05) is 4.90 Å². The summed E-state index contributed by atoms with van der Waals surface area (Å²) in [6, 6.07) is 10.1. The number of guanidine groups is 1. The molecule has 2 aliphatic rings. The van der Waals surface area contributed by atoms with Crippen LogP contribution >= 0.6 is 0 Å². The summed E-state index contributed by atoms with van der Waals surface area (Å²) in [5, 5.41) is 11.0. The Kier molecular flexibility index (Phi) is 4.14. The molecule has 0 bridgehead atoms. The molecule has 0 aliphatic carbocycles. The highest BCUT2D eigenvalue weighted by Gasteiger charge is 2.35. The molecule has 0 radical (unpaired) electrons. The van der Waals surface area contributed by atoms with Crippen LogP contribution in [0.25, 0.3) is 0 Å². The van der Waals surface area contributed by atoms with E-state index in [0.717, 1.165) is 42.4 Å². The minimum absolute atomic E-state index is 0.0780. The number of nitro groups is 1. The van der Waals surface area contributed by atoms with E-state index in [9.17, 15) is 14.9 Å². The maximum absolute atomic E-state index is 12.9. The number of anilines is 2. The molecular formula is C20H20N4O3. The second-order valence-electron chi connectivity index (χ2n) is 6.93. The zero-order valence-corrected chi connectivity index (χ0v) is 15.3. The molecule has 2 aliphatic heterocycles. The summed E-state index contributed by atoms with van der Waals surface area (Å²) in [4.78, 5) is 32.1. The van der Waals surface area contributed by atoms with Crippen molar-refractivity contribution >= 4 is 28.8 Å². The van der Waals surface area contributed by atoms with Gasteiger partial charge in [0.1, 0.15) is 0 Å². The number of nitro benzene ring substituents is 1. The molecule has 2 aromatic rings. The van der Waals surface area contributed by atoms with Gasteiger partial charge in [-0.05, 0) is 43.5 Å². The van der Waals surface area contributed by atoms with Gasteiger partial charge in [0.05, 0.1) is 22.8 Å². The number of ketones is 1. The van der Waals surface area contributed by atoms with Gasteiger partial charge in [-0.2, -0.15) is 0 Å². The zero-order valence-electron chi connectivity index (χ0n) is 15.3. The predicted molar refractivity (Wildman–Crippen MR) is 105 cm³/mol. The number of fused-ring (bicyclic) bond motifs is 3. The van der Waals surface area contributed by atoms with E-state index >= 15 is 0 Å². The molecule has 27 heavy (non-hydrogen) atoms. The van der Waals surface area contributed by atoms with Crippen LogP contribution in [0.4, 0.5) is 17.1 Å². The highest BCUT2D eigenvalue weighted by atomic mass is 16.6. The number of Topliss-reactive ketones (excluding diaryl/α,β-unsaturated/α-hetero) is 1. The number of hydrogen-bond donors (Lipinski definition) is 0. The first-order chi connectivity index (χ1) is 13.0. The van der Waals surface area contributed by atoms with Crippen molar-refractivity contribution in [1.82, 2.24) is 0 Å². The standard InChI is InChI=1S/C20H20N4O3/c1-13-9-17-18(10-14(13)2)23(20-21-7-4-8-22(17)20)12-19(25)15-5-3-6-16(11-15)24(26)27/h3,5-6,9-11H,4,7-8,12H2,1-2H3. The van der Waals surface area contributed by atoms with Gasteiger partial charge in [-0.1, -0.05) is 12.1 Å². The lowest BCUT2D eigenvalue weighted by molar-refractivity contribution is -0.384. The van der Waals surface area contributed by atoms with Gasteiger partial charge in [0, 0.05) is 30.8 Å². The third kappa shape index (κ3) is 2.95. The summed E-state index contributed by atoms with van der Waals surface area (Å²) in [7, 11) is 0. The minimum Gasteiger partial charge on any atom is -0.310 e. The van der Waals surface area contributed by atoms with Crippen molar-refractivity contribution in [2.75, 3.05) is 29.4 Å². The van der Waals surface area contributed by atoms with E-state index in [0.29, 0.717) is 5.56 Å². The molecule has 0 amide bonds. The van der Waals surface area contributed by atoms with Crippen LogP contribution in [0, 0.1) is 24.0 Å². The Bertz CT molecular complexity index is 983. The van der Waals surface area contributed by atoms with Crippen molar-refractivity contribution in [2.45, 2.75) is 20.3 Å². The molecule has 0 spiro atoms. The van der Waals surface area contributed by atoms with Crippen LogP contribution in [0.1, 0.15) is 27.9 Å². The summed E-state index contributed by atoms with van der Waals surface area (Å²) in [6.45, 7) is 5.84. The molecule has 4 rings (SSSR count). The van der Waals surface area contributed by atoms with Crippen molar-refractivity contribution in [1.29, 1.82) is 0 Å². The number of aliphatic imine (C=N–C) groups is 1. The van der Waals surface area contributed by atoms with Crippen LogP contribution in [0.15, 0.2) is 41.4 Å². The average molecular weight is 364 g/mol. The van der Waals surface area contributed by atoms with Gasteiger partial charge < -0.3 is 9.80 Å². The summed E-state index contributed by atoms with van der Waals surface area (Å²) >= 11 is 0. The minimum atomic E-state index is -0.485. The third-order valence-corrected chi connectivity index (χ3v) is 5.13. The van der Waals surface area contributed by atoms with Crippen molar-refractivity contribution in [2.24, 2.45) is 4.99 Å². The molecule has 0 N–H and O–H groups in total. The Balaban J connectivity index is 1.70. The lowest BCUT2D eigenvalue weighted by Crippen LogP contribution is -2.43. The van der Waals surface area contributed by atoms with E-state index < -0.39 is 4.92 Å². The molecule has 138 valence electrons. The Hall–Kier alpha value is -3.22. The first-order valence-electron chi connectivity index (χ1n) is 8.94. The summed E-state index contributed by atoms with van der Waals surface area (Å²) in [6.07, 6.45) is 0.975. The van der Waals surface area contributed by atoms with Crippen molar-refractivity contribution < 1.29 is 9.72 Å². The zero-order chi connectivity index (χ0) is 19.1. The smallest absolute Gasteiger partial charge is 0.270 e. The van der Waals surface area contributed by atoms with E-state index in [1.165, 1.54) is 17.7 Å². The molecule has 2 aromatic carbocycles. The number of benzene rings is 2. The van der Waals surface area contributed by atoms with Gasteiger partial charge in [-0.25, -0.2) is 0 Å². The molecule has 0 atom stereocenters. The quantitative estimate of drug-likeness (QED) is 0.471. The maximum atomic E-state index is 12.9. The number of carbonyl (C=O) groups excluding carboxylic acids is 1. The van der Waals surface area contributed by atoms with E-state index in [4.69, 9.17) is 0 Å². The van der Waals surface area contributed by atoms with Gasteiger partial charge >= 0.3 is 0 Å². The topological polar surface area (TPSA) is 79.0 Å². The van der Waals surface area contributed by atoms with Gasteiger partial charge in [-0.15, -0.1) is 0 Å². The molecule has 2 heterocycles. The summed E-state index contributed by atoms with van der Waals surface area (Å²) in [5.41, 5.74) is 4.66. The van der Waals surface area contributed by atoms with Crippen LogP contribution < -0.4 is 9.80 Å². The van der Waals surface area contributed by atoms with Crippen molar-refractivity contribution in [3.63, 3.8) is 0 Å². The Morgan fingerprint density at radius 2 is 1.93 bits per heavy atom. The van der Waals surface area contributed by atoms with E-state index in [-0.39, 0.29) is 18.0 Å². The van der Waals surface area contributed by atoms with Gasteiger partial charge in [-0.3, -0.25) is 19.9 Å². The lowest BCUT2D eigenvalue weighted by Gasteiger charge is -2.26. The molecule has 0 unspecified atom stereocenters. The van der Waals surface area contributed by atoms with Gasteiger partial charge in [0.25, 0.3) is 5.69 Å². The number of rotatable bonds is 4. The number of nitrogens with zero attached hydrogens (tertiary/aromatic N) is 4. The molecule has 0 saturated carbocycles. The Morgan fingerprint density at radius 1 is 1.19 bits per heavy atom. The molecule has 0 saturated heterocycles. The highest BCUT2D eigenvalue weighted by Crippen LogP contribution is 2.40. The number of aryl methyl sites for hydroxylation is 2. The van der Waals surface area contributed by atoms with Crippen LogP contribution in [-0.4, -0.2) is 36.3 Å². The van der Waals surface area contributed by atoms with Gasteiger partial charge in [0.15, 0.2) is 5.78 Å². The first-order valence-corrected chi connectivity index (χ1v) is 8.94. The summed E-state index contributed by atoms with van der Waals surface area (Å²) in [5.74, 6) is 0.623. The maximum Gasteiger partial charge on any atom is 0.270 e. The number of hydrogen-bond acceptors (Lipinski definition) is 6. The fraction of sp³-hybridized carbons (Fsp3) is 0.300. The fourth-order valence-electron chi connectivity index (χ4n) is 3.56. The molecule has 0 fully saturated rings. The normalized spacial score (nSPS) is 15.3. The average Bonchev–Trinajstić information content (AvgIpc) is 2.95. The Labute approximate surface area is 157 Å². The highest BCUT2D eigenvalue weighted by molar-refractivity contribution is 6.19. The molecular weight excluding hydrogens is 344 g/mol. The third-order valence-electron chi connectivity index (χ3n) is 5.13. The summed E-state index contributed by atoms with van der Waals surface area (Å²) < 4.78 is 0. The second-order valence-corrected chi connectivity index (χ2v) is 6.93. The molecule has 7 nitrogen and oxygen atoms in total. The van der Waals surface area contributed by atoms with E-state index in [2.05, 4.69) is 35.9 Å². The fourth-order valence-corrected chi connectivity index (χ4v) is 3.56. The Morgan fingerprint density at radius 3 is 2.67 bits per heavy atom. The van der Waals surface area contributed by atoms with E-state index in [1.54, 1.807) is 12.1 Å². The monoisotopic (exact) mass is 364 g/mol. The van der Waals surface area contributed by atoms with Crippen molar-refractivity contribution in [3.8, 4) is 0 Å². The van der Waals surface area contributed by atoms with Crippen LogP contribution in [0.3, 0.4) is 0 Å². The molecule has 0 aromatic heterocycles. The second kappa shape index (κ2) is 6.50. The number of carbonyl (C=O) groups is 1. The first kappa shape index (κ1) is 17.2. The van der Waals surface area contributed by atoms with Crippen LogP contribution in [0.5, 0.6) is 0 Å². The van der Waals surface area contributed by atoms with Crippen LogP contribution in [0.2, 0.25) is 0 Å². The number of non-ortho nitro benzene ring substituents is 1. The van der Waals surface area contributed by atoms with Crippen LogP contribution in [-0.2, 0) is 0 Å². The largest absolute Gasteiger partial charge is 0.310 e. The molecule has 7 heteroatoms. The lowest BCUT2D eigenvalue weighted by atomic mass is 10.1. The predicted octanol–water partition coefficient (Wildman–Crippen LogP) is 3.48. The van der Waals surface area contributed by atoms with Gasteiger partial charge in [0.2, 0.25) is 5.96 Å².